The van der Waals surface area contributed by atoms with Gasteiger partial charge < -0.3 is 9.94 Å². The number of hydroxylamine groups is 1. The first kappa shape index (κ1) is 7.18. The average molecular weight is 163 g/mol. The molecule has 3 heteroatoms. The number of rotatable bonds is 1. The van der Waals surface area contributed by atoms with Crippen LogP contribution in [0.4, 0.5) is 0 Å². The van der Waals surface area contributed by atoms with Crippen molar-refractivity contribution in [1.82, 2.24) is 5.48 Å². The third-order valence-corrected chi connectivity index (χ3v) is 1.81. The summed E-state index contributed by atoms with van der Waals surface area (Å²) in [6.07, 6.45) is 1.66. The highest BCUT2D eigenvalue weighted by Gasteiger charge is 2.11. The first-order valence-electron chi connectivity index (χ1n) is 3.73. The number of hydrogen-bond acceptors (Lipinski definition) is 3. The van der Waals surface area contributed by atoms with Crippen molar-refractivity contribution in [1.29, 1.82) is 0 Å². The van der Waals surface area contributed by atoms with Crippen molar-refractivity contribution in [3.05, 3.63) is 36.0 Å². The maximum absolute atomic E-state index is 8.97. The van der Waals surface area contributed by atoms with Crippen LogP contribution in [0.1, 0.15) is 5.56 Å². The van der Waals surface area contributed by atoms with Gasteiger partial charge in [0.25, 0.3) is 0 Å². The Kier molecular flexibility index (Phi) is 1.72. The fourth-order valence-electron chi connectivity index (χ4n) is 1.19. The quantitative estimate of drug-likeness (QED) is 0.646. The minimum Gasteiger partial charge on any atom is -0.392 e. The fraction of sp³-hybridized carbons (Fsp3) is 0.111. The third kappa shape index (κ3) is 1.04. The van der Waals surface area contributed by atoms with E-state index in [1.165, 1.54) is 0 Å². The molecule has 62 valence electrons. The SMILES string of the molecule is OCC1=CNOc2ccccc21. The van der Waals surface area contributed by atoms with E-state index in [1.807, 2.05) is 24.3 Å². The van der Waals surface area contributed by atoms with Gasteiger partial charge in [0.1, 0.15) is 0 Å². The standard InChI is InChI=1S/C9H9NO2/c11-6-7-5-10-12-9-4-2-1-3-8(7)9/h1-5,10-11H,6H2. The molecule has 0 aliphatic carbocycles. The van der Waals surface area contributed by atoms with Gasteiger partial charge in [0.15, 0.2) is 5.75 Å². The smallest absolute Gasteiger partial charge is 0.162 e. The Hall–Kier alpha value is -1.48. The van der Waals surface area contributed by atoms with E-state index in [0.717, 1.165) is 16.9 Å². The second-order valence-corrected chi connectivity index (χ2v) is 2.54. The molecule has 0 radical (unpaired) electrons. The second-order valence-electron chi connectivity index (χ2n) is 2.54. The first-order valence-corrected chi connectivity index (χ1v) is 3.73. The number of nitrogens with one attached hydrogen (secondary N) is 1. The largest absolute Gasteiger partial charge is 0.392 e. The monoisotopic (exact) mass is 163 g/mol. The first-order chi connectivity index (χ1) is 5.92. The lowest BCUT2D eigenvalue weighted by Gasteiger charge is -2.16. The summed E-state index contributed by atoms with van der Waals surface area (Å²) in [6, 6.07) is 7.57. The molecule has 3 nitrogen and oxygen atoms in total. The molecule has 0 amide bonds. The highest BCUT2D eigenvalue weighted by molar-refractivity contribution is 5.71. The van der Waals surface area contributed by atoms with Crippen molar-refractivity contribution in [2.24, 2.45) is 0 Å². The molecule has 0 saturated carbocycles. The van der Waals surface area contributed by atoms with Crippen LogP contribution >= 0.6 is 0 Å². The molecular formula is C9H9NO2. The highest BCUT2D eigenvalue weighted by atomic mass is 16.6. The van der Waals surface area contributed by atoms with Gasteiger partial charge >= 0.3 is 0 Å². The van der Waals surface area contributed by atoms with Gasteiger partial charge in [0, 0.05) is 17.3 Å². The molecule has 2 N–H and O–H groups in total. The number of fused-ring (bicyclic) bond motifs is 1. The molecule has 1 aromatic carbocycles. The topological polar surface area (TPSA) is 41.5 Å². The van der Waals surface area contributed by atoms with Gasteiger partial charge in [-0.1, -0.05) is 18.2 Å². The molecule has 0 saturated heterocycles. The molecule has 12 heavy (non-hydrogen) atoms. The van der Waals surface area contributed by atoms with Crippen LogP contribution < -0.4 is 10.3 Å². The third-order valence-electron chi connectivity index (χ3n) is 1.81. The van der Waals surface area contributed by atoms with Crippen LogP contribution in [0.15, 0.2) is 30.5 Å². The van der Waals surface area contributed by atoms with Crippen LogP contribution in [0, 0.1) is 0 Å². The van der Waals surface area contributed by atoms with Crippen molar-refractivity contribution in [2.75, 3.05) is 6.61 Å². The molecule has 1 aromatic rings. The van der Waals surface area contributed by atoms with E-state index in [2.05, 4.69) is 5.48 Å². The summed E-state index contributed by atoms with van der Waals surface area (Å²) < 4.78 is 0. The Morgan fingerprint density at radius 2 is 2.17 bits per heavy atom. The van der Waals surface area contributed by atoms with Crippen LogP contribution in [0.3, 0.4) is 0 Å². The van der Waals surface area contributed by atoms with Gasteiger partial charge in [-0.05, 0) is 6.07 Å². The van der Waals surface area contributed by atoms with Crippen LogP contribution in [0.2, 0.25) is 0 Å². The van der Waals surface area contributed by atoms with Crippen LogP contribution in [-0.2, 0) is 0 Å². The van der Waals surface area contributed by atoms with E-state index in [4.69, 9.17) is 9.94 Å². The summed E-state index contributed by atoms with van der Waals surface area (Å²) in [5.74, 6) is 0.754. The van der Waals surface area contributed by atoms with E-state index < -0.39 is 0 Å². The average Bonchev–Trinajstić information content (AvgIpc) is 2.17. The lowest BCUT2D eigenvalue weighted by Crippen LogP contribution is -2.17. The van der Waals surface area contributed by atoms with Gasteiger partial charge in [-0.2, -0.15) is 0 Å². The minimum atomic E-state index is 0.0212. The zero-order valence-electron chi connectivity index (χ0n) is 6.45. The maximum Gasteiger partial charge on any atom is 0.162 e. The van der Waals surface area contributed by atoms with Crippen LogP contribution in [0.25, 0.3) is 5.57 Å². The van der Waals surface area contributed by atoms with Crippen molar-refractivity contribution < 1.29 is 9.94 Å². The predicted molar refractivity (Wildman–Crippen MR) is 45.3 cm³/mol. The molecule has 0 fully saturated rings. The lowest BCUT2D eigenvalue weighted by molar-refractivity contribution is 0.234. The number of para-hydroxylation sites is 1. The molecule has 0 aromatic heterocycles. The van der Waals surface area contributed by atoms with Gasteiger partial charge in [0.2, 0.25) is 0 Å². The Bertz CT molecular complexity index is 320. The molecular weight excluding hydrogens is 154 g/mol. The van der Waals surface area contributed by atoms with Gasteiger partial charge in [-0.25, -0.2) is 5.48 Å². The summed E-state index contributed by atoms with van der Waals surface area (Å²) in [6.45, 7) is 0.0212. The number of hydrogen-bond donors (Lipinski definition) is 2. The normalized spacial score (nSPS) is 13.9. The zero-order valence-corrected chi connectivity index (χ0v) is 6.45. The Morgan fingerprint density at radius 1 is 1.33 bits per heavy atom. The summed E-state index contributed by atoms with van der Waals surface area (Å²) in [7, 11) is 0. The molecule has 0 atom stereocenters. The molecule has 2 rings (SSSR count). The molecule has 0 spiro atoms. The molecule has 1 aliphatic heterocycles. The zero-order chi connectivity index (χ0) is 8.39. The van der Waals surface area contributed by atoms with E-state index >= 15 is 0 Å². The summed E-state index contributed by atoms with van der Waals surface area (Å²) >= 11 is 0. The van der Waals surface area contributed by atoms with Crippen molar-refractivity contribution in [3.63, 3.8) is 0 Å². The number of aliphatic hydroxyl groups excluding tert-OH is 1. The van der Waals surface area contributed by atoms with Crippen molar-refractivity contribution in [3.8, 4) is 5.75 Å². The van der Waals surface area contributed by atoms with Crippen molar-refractivity contribution in [2.45, 2.75) is 0 Å². The maximum atomic E-state index is 8.97. The summed E-state index contributed by atoms with van der Waals surface area (Å²) in [5.41, 5.74) is 4.41. The Morgan fingerprint density at radius 3 is 3.00 bits per heavy atom. The van der Waals surface area contributed by atoms with E-state index in [1.54, 1.807) is 6.20 Å². The summed E-state index contributed by atoms with van der Waals surface area (Å²) in [4.78, 5) is 5.12. The minimum absolute atomic E-state index is 0.0212. The lowest BCUT2D eigenvalue weighted by atomic mass is 10.1. The number of aliphatic hydroxyl groups is 1. The van der Waals surface area contributed by atoms with E-state index in [9.17, 15) is 0 Å². The van der Waals surface area contributed by atoms with Crippen molar-refractivity contribution >= 4 is 5.57 Å². The Labute approximate surface area is 70.2 Å². The fourth-order valence-corrected chi connectivity index (χ4v) is 1.19. The molecule has 1 aliphatic rings. The van der Waals surface area contributed by atoms with Gasteiger partial charge in [-0.15, -0.1) is 0 Å². The van der Waals surface area contributed by atoms with E-state index in [0.29, 0.717) is 0 Å². The summed E-state index contributed by atoms with van der Waals surface area (Å²) in [5, 5.41) is 8.97. The van der Waals surface area contributed by atoms with E-state index in [-0.39, 0.29) is 6.61 Å². The molecule has 1 heterocycles. The molecule has 0 unspecified atom stereocenters. The van der Waals surface area contributed by atoms with Crippen LogP contribution in [-0.4, -0.2) is 11.7 Å². The highest BCUT2D eigenvalue weighted by Crippen LogP contribution is 2.26. The Balaban J connectivity index is 2.48. The van der Waals surface area contributed by atoms with Gasteiger partial charge in [0.05, 0.1) is 6.61 Å². The second kappa shape index (κ2) is 2.87. The molecule has 0 bridgehead atoms. The van der Waals surface area contributed by atoms with Gasteiger partial charge in [-0.3, -0.25) is 0 Å². The predicted octanol–water partition coefficient (Wildman–Crippen LogP) is 0.917. The van der Waals surface area contributed by atoms with Crippen LogP contribution in [0.5, 0.6) is 5.75 Å². The number of benzene rings is 1.